The molecule has 1 fully saturated rings. The van der Waals surface area contributed by atoms with Crippen molar-refractivity contribution in [2.45, 2.75) is 12.5 Å². The van der Waals surface area contributed by atoms with Crippen LogP contribution in [0.25, 0.3) is 10.9 Å². The highest BCUT2D eigenvalue weighted by molar-refractivity contribution is 5.93. The smallest absolute Gasteiger partial charge is 0.246 e. The summed E-state index contributed by atoms with van der Waals surface area (Å²) in [4.78, 5) is 17.6. The van der Waals surface area contributed by atoms with E-state index in [9.17, 15) is 9.18 Å². The number of nitrogens with two attached hydrogens (primary N) is 1. The summed E-state index contributed by atoms with van der Waals surface area (Å²) in [5, 5.41) is 4.92. The molecule has 1 amide bonds. The van der Waals surface area contributed by atoms with Gasteiger partial charge in [0, 0.05) is 24.7 Å². The zero-order chi connectivity index (χ0) is 22.8. The average molecular weight is 435 g/mol. The fourth-order valence-electron chi connectivity index (χ4n) is 3.79. The number of benzene rings is 1. The lowest BCUT2D eigenvalue weighted by Crippen LogP contribution is -2.27. The fraction of sp³-hybridized carbons (Fsp3) is 0.261. The Morgan fingerprint density at radius 1 is 1.28 bits per heavy atom. The molecule has 0 unspecified atom stereocenters. The summed E-state index contributed by atoms with van der Waals surface area (Å²) in [6.45, 7) is 4.45. The molecule has 3 aromatic rings. The van der Waals surface area contributed by atoms with Gasteiger partial charge in [0.05, 0.1) is 31.8 Å². The van der Waals surface area contributed by atoms with Crippen LogP contribution in [-0.2, 0) is 4.79 Å². The van der Waals surface area contributed by atoms with Crippen molar-refractivity contribution in [1.29, 1.82) is 0 Å². The molecule has 1 atom stereocenters. The lowest BCUT2D eigenvalue weighted by molar-refractivity contribution is -0.125. The van der Waals surface area contributed by atoms with Gasteiger partial charge in [-0.05, 0) is 30.6 Å². The van der Waals surface area contributed by atoms with Crippen molar-refractivity contribution in [2.75, 3.05) is 33.0 Å². The molecule has 4 rings (SSSR count). The van der Waals surface area contributed by atoms with Gasteiger partial charge in [0.1, 0.15) is 28.5 Å². The van der Waals surface area contributed by atoms with Crippen LogP contribution in [0.1, 0.15) is 23.7 Å². The van der Waals surface area contributed by atoms with Crippen LogP contribution in [0.2, 0.25) is 0 Å². The predicted octanol–water partition coefficient (Wildman–Crippen LogP) is 2.53. The second-order valence-corrected chi connectivity index (χ2v) is 7.29. The molecule has 1 aromatic carbocycles. The number of carbonyl (C=O) groups is 1. The number of hydrogen-bond acceptors (Lipinski definition) is 6. The van der Waals surface area contributed by atoms with Crippen molar-refractivity contribution in [1.82, 2.24) is 19.7 Å². The third-order valence-corrected chi connectivity index (χ3v) is 5.38. The minimum absolute atomic E-state index is 0.136. The third-order valence-electron chi connectivity index (χ3n) is 5.38. The fourth-order valence-corrected chi connectivity index (χ4v) is 3.79. The maximum Gasteiger partial charge on any atom is 0.246 e. The number of pyridine rings is 1. The van der Waals surface area contributed by atoms with Crippen LogP contribution in [0, 0.1) is 17.7 Å². The molecule has 8 nitrogen and oxygen atoms in total. The van der Waals surface area contributed by atoms with Gasteiger partial charge >= 0.3 is 0 Å². The number of aromatic nitrogens is 3. The Bertz CT molecular complexity index is 1250. The van der Waals surface area contributed by atoms with Gasteiger partial charge in [0.25, 0.3) is 0 Å². The Labute approximate surface area is 184 Å². The Morgan fingerprint density at radius 3 is 2.66 bits per heavy atom. The van der Waals surface area contributed by atoms with Gasteiger partial charge in [-0.3, -0.25) is 9.48 Å². The van der Waals surface area contributed by atoms with E-state index in [1.54, 1.807) is 42.0 Å². The number of methoxy groups -OCH3 is 2. The molecule has 1 aliphatic rings. The number of ether oxygens (including phenoxy) is 2. The highest BCUT2D eigenvalue weighted by atomic mass is 19.1. The Morgan fingerprint density at radius 2 is 2.00 bits per heavy atom. The van der Waals surface area contributed by atoms with E-state index >= 15 is 0 Å². The molecule has 164 valence electrons. The number of nitrogen functional groups attached to an aromatic ring is 1. The topological polar surface area (TPSA) is 95.5 Å². The molecule has 0 bridgehead atoms. The van der Waals surface area contributed by atoms with Crippen molar-refractivity contribution in [3.8, 4) is 23.3 Å². The molecule has 9 heteroatoms. The van der Waals surface area contributed by atoms with Crippen LogP contribution in [0.3, 0.4) is 0 Å². The second kappa shape index (κ2) is 8.59. The lowest BCUT2D eigenvalue weighted by Gasteiger charge is -2.15. The van der Waals surface area contributed by atoms with Gasteiger partial charge < -0.3 is 20.1 Å². The number of halogens is 1. The summed E-state index contributed by atoms with van der Waals surface area (Å²) in [7, 11) is 3.11. The molecule has 32 heavy (non-hydrogen) atoms. The van der Waals surface area contributed by atoms with Crippen LogP contribution in [0.15, 0.2) is 37.1 Å². The van der Waals surface area contributed by atoms with E-state index in [-0.39, 0.29) is 23.3 Å². The number of carbonyl (C=O) groups excluding carboxylic acids is 1. The minimum atomic E-state index is -0.550. The van der Waals surface area contributed by atoms with E-state index in [2.05, 4.69) is 28.5 Å². The number of rotatable bonds is 4. The van der Waals surface area contributed by atoms with Crippen molar-refractivity contribution in [2.24, 2.45) is 0 Å². The summed E-state index contributed by atoms with van der Waals surface area (Å²) in [6, 6.07) is 5.03. The van der Waals surface area contributed by atoms with Crippen LogP contribution in [0.4, 0.5) is 10.2 Å². The Kier molecular flexibility index (Phi) is 5.69. The summed E-state index contributed by atoms with van der Waals surface area (Å²) >= 11 is 0. The molecule has 0 spiro atoms. The number of amides is 1. The van der Waals surface area contributed by atoms with Crippen LogP contribution < -0.4 is 15.2 Å². The number of hydrogen-bond donors (Lipinski definition) is 1. The average Bonchev–Trinajstić information content (AvgIpc) is 3.45. The van der Waals surface area contributed by atoms with E-state index in [1.807, 2.05) is 0 Å². The molecular formula is C23H22FN5O3. The first-order valence-electron chi connectivity index (χ1n) is 9.93. The summed E-state index contributed by atoms with van der Waals surface area (Å²) in [5.41, 5.74) is 7.24. The Balaban J connectivity index is 1.80. The molecular weight excluding hydrogens is 413 g/mol. The SMILES string of the molecule is C=CC(=O)N1CC[C@H](n2nc(C#Cc3cc(OC)cc(OC)c3)c3c(N)ncc(F)c32)C1. The van der Waals surface area contributed by atoms with Gasteiger partial charge in [-0.1, -0.05) is 12.5 Å². The molecule has 0 aliphatic carbocycles. The molecule has 2 aromatic heterocycles. The summed E-state index contributed by atoms with van der Waals surface area (Å²) in [6.07, 6.45) is 2.96. The quantitative estimate of drug-likeness (QED) is 0.500. The van der Waals surface area contributed by atoms with Crippen LogP contribution >= 0.6 is 0 Å². The molecule has 1 saturated heterocycles. The van der Waals surface area contributed by atoms with Crippen LogP contribution in [0.5, 0.6) is 11.5 Å². The van der Waals surface area contributed by atoms with Crippen molar-refractivity contribution < 1.29 is 18.7 Å². The molecule has 0 saturated carbocycles. The minimum Gasteiger partial charge on any atom is -0.497 e. The Hall–Kier alpha value is -4.06. The summed E-state index contributed by atoms with van der Waals surface area (Å²) in [5.74, 6) is 6.61. The van der Waals surface area contributed by atoms with Crippen molar-refractivity contribution >= 4 is 22.6 Å². The highest BCUT2D eigenvalue weighted by Gasteiger charge is 2.30. The first-order chi connectivity index (χ1) is 15.4. The third kappa shape index (κ3) is 3.83. The molecule has 2 N–H and O–H groups in total. The van der Waals surface area contributed by atoms with Crippen molar-refractivity contribution in [3.63, 3.8) is 0 Å². The second-order valence-electron chi connectivity index (χ2n) is 7.29. The molecule has 1 aliphatic heterocycles. The van der Waals surface area contributed by atoms with Gasteiger partial charge in [-0.15, -0.1) is 0 Å². The lowest BCUT2D eigenvalue weighted by atomic mass is 10.1. The van der Waals surface area contributed by atoms with E-state index in [4.69, 9.17) is 15.2 Å². The van der Waals surface area contributed by atoms with Gasteiger partial charge in [-0.25, -0.2) is 9.37 Å². The summed E-state index contributed by atoms with van der Waals surface area (Å²) < 4.78 is 26.9. The van der Waals surface area contributed by atoms with Crippen molar-refractivity contribution in [3.05, 3.63) is 54.1 Å². The number of likely N-dealkylation sites (tertiary alicyclic amines) is 1. The first-order valence-corrected chi connectivity index (χ1v) is 9.93. The predicted molar refractivity (Wildman–Crippen MR) is 118 cm³/mol. The standard InChI is InChI=1S/C23H22FN5O3/c1-4-20(30)28-8-7-15(13-28)29-22-18(24)12-26-23(25)21(22)19(27-29)6-5-14-9-16(31-2)11-17(10-14)32-3/h4,9-12,15H,1,7-8,13H2,2-3H3,(H2,25,26)/t15-/m0/s1. The van der Waals surface area contributed by atoms with Gasteiger partial charge in [0.15, 0.2) is 5.82 Å². The van der Waals surface area contributed by atoms with E-state index < -0.39 is 5.82 Å². The highest BCUT2D eigenvalue weighted by Crippen LogP contribution is 2.31. The monoisotopic (exact) mass is 435 g/mol. The number of anilines is 1. The number of fused-ring (bicyclic) bond motifs is 1. The maximum atomic E-state index is 14.8. The maximum absolute atomic E-state index is 14.8. The normalized spacial score (nSPS) is 15.3. The van der Waals surface area contributed by atoms with E-state index in [0.717, 1.165) is 6.20 Å². The molecule has 0 radical (unpaired) electrons. The zero-order valence-corrected chi connectivity index (χ0v) is 17.8. The van der Waals surface area contributed by atoms with E-state index in [0.29, 0.717) is 47.7 Å². The molecule has 3 heterocycles. The zero-order valence-electron chi connectivity index (χ0n) is 17.8. The van der Waals surface area contributed by atoms with Gasteiger partial charge in [0.2, 0.25) is 5.91 Å². The first kappa shape index (κ1) is 21.2. The van der Waals surface area contributed by atoms with Gasteiger partial charge in [-0.2, -0.15) is 5.10 Å². The largest absolute Gasteiger partial charge is 0.497 e. The van der Waals surface area contributed by atoms with Crippen LogP contribution in [-0.4, -0.2) is 52.9 Å². The number of nitrogens with zero attached hydrogens (tertiary/aromatic N) is 4. The van der Waals surface area contributed by atoms with E-state index in [1.165, 1.54) is 6.08 Å².